The molecular formula is C20H32O2. The van der Waals surface area contributed by atoms with E-state index in [1.807, 2.05) is 6.92 Å². The molecule has 5 saturated carbocycles. The molecule has 124 valence electrons. The van der Waals surface area contributed by atoms with Crippen LogP contribution in [0.25, 0.3) is 0 Å². The van der Waals surface area contributed by atoms with E-state index in [0.29, 0.717) is 34.4 Å². The summed E-state index contributed by atoms with van der Waals surface area (Å²) in [6, 6.07) is 0. The van der Waals surface area contributed by atoms with Crippen LogP contribution in [0.2, 0.25) is 0 Å². The summed E-state index contributed by atoms with van der Waals surface area (Å²) in [7, 11) is 0. The molecule has 0 radical (unpaired) electrons. The van der Waals surface area contributed by atoms with Crippen molar-refractivity contribution in [1.29, 1.82) is 0 Å². The molecule has 0 aromatic rings. The highest BCUT2D eigenvalue weighted by Gasteiger charge is 2.68. The summed E-state index contributed by atoms with van der Waals surface area (Å²) in [5.41, 5.74) is -0.205. The second kappa shape index (κ2) is 4.18. The van der Waals surface area contributed by atoms with Gasteiger partial charge in [0.2, 0.25) is 0 Å². The monoisotopic (exact) mass is 304 g/mol. The van der Waals surface area contributed by atoms with Crippen molar-refractivity contribution in [2.45, 2.75) is 84.7 Å². The highest BCUT2D eigenvalue weighted by atomic mass is 16.3. The van der Waals surface area contributed by atoms with E-state index in [9.17, 15) is 9.90 Å². The van der Waals surface area contributed by atoms with Crippen molar-refractivity contribution in [1.82, 2.24) is 0 Å². The molecule has 2 heteroatoms. The smallest absolute Gasteiger partial charge is 0.139 e. The van der Waals surface area contributed by atoms with Crippen LogP contribution in [0.4, 0.5) is 0 Å². The number of carbonyl (C=O) groups is 1. The minimum atomic E-state index is -0.613. The summed E-state index contributed by atoms with van der Waals surface area (Å²) in [5.74, 6) is 1.96. The molecule has 5 aliphatic rings. The molecule has 0 amide bonds. The largest absolute Gasteiger partial charge is 0.390 e. The summed E-state index contributed by atoms with van der Waals surface area (Å²) in [6.45, 7) is 9.25. The number of rotatable bonds is 0. The Balaban J connectivity index is 1.80. The summed E-state index contributed by atoms with van der Waals surface area (Å²) in [5, 5.41) is 10.8. The third-order valence-electron chi connectivity index (χ3n) is 8.70. The maximum absolute atomic E-state index is 13.3. The molecule has 2 bridgehead atoms. The maximum atomic E-state index is 13.3. The molecule has 2 nitrogen and oxygen atoms in total. The van der Waals surface area contributed by atoms with E-state index in [0.717, 1.165) is 32.1 Å². The number of hydrogen-bond donors (Lipinski definition) is 1. The number of fused-ring (bicyclic) bond motifs is 3. The zero-order valence-corrected chi connectivity index (χ0v) is 14.7. The van der Waals surface area contributed by atoms with Gasteiger partial charge < -0.3 is 5.11 Å². The first-order valence-corrected chi connectivity index (χ1v) is 9.38. The third kappa shape index (κ3) is 1.68. The fourth-order valence-electron chi connectivity index (χ4n) is 7.61. The predicted octanol–water partition coefficient (Wildman–Crippen LogP) is 4.35. The average molecular weight is 304 g/mol. The number of Topliss-reactive ketones (excluding diaryl/α,β-unsaturated/α-hetero) is 1. The molecule has 5 fully saturated rings. The minimum absolute atomic E-state index is 0.197. The van der Waals surface area contributed by atoms with Gasteiger partial charge in [0.25, 0.3) is 0 Å². The van der Waals surface area contributed by atoms with E-state index < -0.39 is 5.60 Å². The molecule has 5 aliphatic carbocycles. The van der Waals surface area contributed by atoms with Gasteiger partial charge in [-0.15, -0.1) is 0 Å². The van der Waals surface area contributed by atoms with Crippen LogP contribution in [-0.2, 0) is 4.79 Å². The lowest BCUT2D eigenvalue weighted by molar-refractivity contribution is -0.222. The molecule has 5 rings (SSSR count). The van der Waals surface area contributed by atoms with Crippen molar-refractivity contribution in [3.8, 4) is 0 Å². The topological polar surface area (TPSA) is 37.3 Å². The molecule has 0 aromatic heterocycles. The molecule has 0 unspecified atom stereocenters. The highest BCUT2D eigenvalue weighted by molar-refractivity contribution is 5.87. The summed E-state index contributed by atoms with van der Waals surface area (Å²) in [6.07, 6.45) is 8.54. The second-order valence-corrected chi connectivity index (χ2v) is 10.2. The molecule has 22 heavy (non-hydrogen) atoms. The predicted molar refractivity (Wildman–Crippen MR) is 87.4 cm³/mol. The van der Waals surface area contributed by atoms with E-state index in [1.54, 1.807) is 0 Å². The van der Waals surface area contributed by atoms with Crippen molar-refractivity contribution >= 4 is 5.78 Å². The summed E-state index contributed by atoms with van der Waals surface area (Å²) in [4.78, 5) is 13.3. The molecule has 1 spiro atoms. The normalized spacial score (nSPS) is 56.4. The minimum Gasteiger partial charge on any atom is -0.390 e. The third-order valence-corrected chi connectivity index (χ3v) is 8.70. The quantitative estimate of drug-likeness (QED) is 0.722. The van der Waals surface area contributed by atoms with E-state index in [4.69, 9.17) is 0 Å². The van der Waals surface area contributed by atoms with Crippen molar-refractivity contribution in [3.05, 3.63) is 0 Å². The lowest BCUT2D eigenvalue weighted by atomic mass is 9.35. The first kappa shape index (κ1) is 15.2. The molecule has 0 aromatic carbocycles. The molecular weight excluding hydrogens is 272 g/mol. The van der Waals surface area contributed by atoms with Crippen LogP contribution in [0.3, 0.4) is 0 Å². The van der Waals surface area contributed by atoms with Gasteiger partial charge >= 0.3 is 0 Å². The Kier molecular flexibility index (Phi) is 2.88. The molecule has 1 N–H and O–H groups in total. The SMILES string of the molecule is CC1(C)CCC[C@]2(C)[C@@H]1CC(=O)[C@]13CC[C@H](C[C@H]12)[C@@](C)(O)C3. The molecule has 0 aliphatic heterocycles. The van der Waals surface area contributed by atoms with Crippen molar-refractivity contribution in [3.63, 3.8) is 0 Å². The van der Waals surface area contributed by atoms with Crippen LogP contribution < -0.4 is 0 Å². The van der Waals surface area contributed by atoms with Gasteiger partial charge in [-0.05, 0) is 74.0 Å². The molecule has 6 atom stereocenters. The maximum Gasteiger partial charge on any atom is 0.139 e. The Morgan fingerprint density at radius 1 is 1.05 bits per heavy atom. The molecule has 0 heterocycles. The van der Waals surface area contributed by atoms with Crippen LogP contribution in [-0.4, -0.2) is 16.5 Å². The number of aliphatic hydroxyl groups is 1. The van der Waals surface area contributed by atoms with Gasteiger partial charge in [0.1, 0.15) is 5.78 Å². The van der Waals surface area contributed by atoms with Crippen molar-refractivity contribution in [2.75, 3.05) is 0 Å². The van der Waals surface area contributed by atoms with Gasteiger partial charge in [-0.1, -0.05) is 27.2 Å². The van der Waals surface area contributed by atoms with Gasteiger partial charge in [-0.3, -0.25) is 4.79 Å². The fourth-order valence-corrected chi connectivity index (χ4v) is 7.61. The van der Waals surface area contributed by atoms with Gasteiger partial charge in [0.05, 0.1) is 5.60 Å². The second-order valence-electron chi connectivity index (χ2n) is 10.2. The van der Waals surface area contributed by atoms with Gasteiger partial charge in [-0.25, -0.2) is 0 Å². The Labute approximate surface area is 135 Å². The standard InChI is InChI=1S/C20H32O2/c1-17(2)7-5-8-18(3)14(17)11-16(21)20-9-6-13(10-15(18)20)19(4,22)12-20/h13-15,22H,5-12H2,1-4H3/t13-,14-,15+,18-,19+,20+/m1/s1. The van der Waals surface area contributed by atoms with E-state index in [1.165, 1.54) is 19.3 Å². The van der Waals surface area contributed by atoms with E-state index >= 15 is 0 Å². The zero-order chi connectivity index (χ0) is 16.0. The van der Waals surface area contributed by atoms with Gasteiger partial charge in [-0.2, -0.15) is 0 Å². The van der Waals surface area contributed by atoms with Crippen molar-refractivity contribution < 1.29 is 9.90 Å². The van der Waals surface area contributed by atoms with Crippen LogP contribution in [0, 0.1) is 34.0 Å². The fraction of sp³-hybridized carbons (Fsp3) is 0.950. The zero-order valence-electron chi connectivity index (χ0n) is 14.7. The van der Waals surface area contributed by atoms with E-state index in [2.05, 4.69) is 20.8 Å². The first-order valence-electron chi connectivity index (χ1n) is 9.38. The average Bonchev–Trinajstić information content (AvgIpc) is 2.40. The van der Waals surface area contributed by atoms with Crippen LogP contribution in [0.5, 0.6) is 0 Å². The lowest BCUT2D eigenvalue weighted by Gasteiger charge is -2.68. The summed E-state index contributed by atoms with van der Waals surface area (Å²) < 4.78 is 0. The van der Waals surface area contributed by atoms with Gasteiger partial charge in [0.15, 0.2) is 0 Å². The van der Waals surface area contributed by atoms with Crippen LogP contribution in [0.1, 0.15) is 79.1 Å². The summed E-state index contributed by atoms with van der Waals surface area (Å²) >= 11 is 0. The lowest BCUT2D eigenvalue weighted by Crippen LogP contribution is -2.67. The number of hydrogen-bond acceptors (Lipinski definition) is 2. The Morgan fingerprint density at radius 3 is 2.45 bits per heavy atom. The van der Waals surface area contributed by atoms with E-state index in [-0.39, 0.29) is 5.41 Å². The first-order chi connectivity index (χ1) is 10.1. The Morgan fingerprint density at radius 2 is 1.77 bits per heavy atom. The number of carbonyl (C=O) groups excluding carboxylic acids is 1. The van der Waals surface area contributed by atoms with Gasteiger partial charge in [0, 0.05) is 11.8 Å². The Bertz CT molecular complexity index is 520. The number of ketones is 1. The molecule has 0 saturated heterocycles. The van der Waals surface area contributed by atoms with Crippen molar-refractivity contribution in [2.24, 2.45) is 34.0 Å². The Hall–Kier alpha value is -0.370. The van der Waals surface area contributed by atoms with Crippen LogP contribution in [0.15, 0.2) is 0 Å². The highest BCUT2D eigenvalue weighted by Crippen LogP contribution is 2.71. The van der Waals surface area contributed by atoms with Crippen LogP contribution >= 0.6 is 0 Å².